The number of nitrogen functional groups attached to an aromatic ring is 1. The van der Waals surface area contributed by atoms with Crippen LogP contribution in [0.4, 0.5) is 14.8 Å². The summed E-state index contributed by atoms with van der Waals surface area (Å²) in [7, 11) is 0. The molecule has 5 rings (SSSR count). The monoisotopic (exact) mass is 524 g/mol. The summed E-state index contributed by atoms with van der Waals surface area (Å²) < 4.78 is 35.3. The number of halogens is 2. The average molecular weight is 525 g/mol. The van der Waals surface area contributed by atoms with Crippen molar-refractivity contribution in [1.29, 1.82) is 10.5 Å². The number of aromatic nitrogens is 2. The van der Waals surface area contributed by atoms with Gasteiger partial charge in [0.2, 0.25) is 5.89 Å². The number of likely N-dealkylation sites (tertiary alicyclic amines) is 1. The lowest BCUT2D eigenvalue weighted by atomic mass is 9.72. The zero-order valence-corrected chi connectivity index (χ0v) is 21.5. The fourth-order valence-electron chi connectivity index (χ4n) is 5.60. The fourth-order valence-corrected chi connectivity index (χ4v) is 5.60. The van der Waals surface area contributed by atoms with Gasteiger partial charge in [-0.1, -0.05) is 29.4 Å². The highest BCUT2D eigenvalue weighted by atomic mass is 19.1. The van der Waals surface area contributed by atoms with Crippen molar-refractivity contribution in [2.24, 2.45) is 5.92 Å². The normalized spacial score (nSPS) is 15.6. The number of rotatable bonds is 7. The van der Waals surface area contributed by atoms with Crippen LogP contribution < -0.4 is 5.73 Å². The van der Waals surface area contributed by atoms with E-state index in [0.29, 0.717) is 35.7 Å². The van der Waals surface area contributed by atoms with E-state index in [0.717, 1.165) is 17.2 Å². The second-order valence-electron chi connectivity index (χ2n) is 10.3. The lowest BCUT2D eigenvalue weighted by Crippen LogP contribution is -2.53. The number of nitriles is 2. The molecular weight excluding hydrogens is 498 g/mol. The molecule has 0 radical (unpaired) electrons. The molecule has 0 bridgehead atoms. The van der Waals surface area contributed by atoms with Crippen LogP contribution in [0.2, 0.25) is 0 Å². The summed E-state index contributed by atoms with van der Waals surface area (Å²) in [5.74, 6) is -0.972. The van der Waals surface area contributed by atoms with Crippen LogP contribution in [0, 0.1) is 34.4 Å². The number of hydrogen-bond acceptors (Lipinski definition) is 7. The molecule has 2 heterocycles. The molecule has 0 spiro atoms. The Kier molecular flexibility index (Phi) is 6.86. The quantitative estimate of drug-likeness (QED) is 0.327. The van der Waals surface area contributed by atoms with Gasteiger partial charge in [0.05, 0.1) is 29.3 Å². The summed E-state index contributed by atoms with van der Waals surface area (Å²) in [4.78, 5) is 2.22. The Morgan fingerprint density at radius 3 is 2.28 bits per heavy atom. The lowest BCUT2D eigenvalue weighted by molar-refractivity contribution is 0.00813. The summed E-state index contributed by atoms with van der Waals surface area (Å²) in [5.41, 5.74) is 7.79. The maximum atomic E-state index is 15.6. The first-order valence-electron chi connectivity index (χ1n) is 12.5. The standard InChI is InChI=1S/C30H26F2N6O/c1-30(2,32)26(23-10-19(15-34)11-25(31)13-23)24-16-38(17-24)27(20-8-6-18(14-33)7-9-20)21-4-3-5-22(12-21)28-36-37-29(35)39-28/h3-13,24,26-27H,16-17H2,1-2H3,(H2,35,37). The Hall–Kier alpha value is -4.60. The number of nitrogens with two attached hydrogens (primary N) is 1. The first-order chi connectivity index (χ1) is 18.7. The van der Waals surface area contributed by atoms with Crippen molar-refractivity contribution in [2.45, 2.75) is 31.5 Å². The third-order valence-electron chi connectivity index (χ3n) is 7.17. The van der Waals surface area contributed by atoms with E-state index < -0.39 is 17.4 Å². The summed E-state index contributed by atoms with van der Waals surface area (Å²) in [6.07, 6.45) is 0. The van der Waals surface area contributed by atoms with E-state index in [-0.39, 0.29) is 23.5 Å². The molecule has 1 aromatic heterocycles. The molecule has 7 nitrogen and oxygen atoms in total. The maximum Gasteiger partial charge on any atom is 0.313 e. The van der Waals surface area contributed by atoms with Crippen LogP contribution in [0.5, 0.6) is 0 Å². The Morgan fingerprint density at radius 2 is 1.67 bits per heavy atom. The van der Waals surface area contributed by atoms with Gasteiger partial charge in [-0.15, -0.1) is 5.10 Å². The topological polar surface area (TPSA) is 116 Å². The zero-order chi connectivity index (χ0) is 27.7. The van der Waals surface area contributed by atoms with Crippen molar-refractivity contribution in [2.75, 3.05) is 18.8 Å². The Morgan fingerprint density at radius 1 is 0.949 bits per heavy atom. The molecule has 1 aliphatic rings. The summed E-state index contributed by atoms with van der Waals surface area (Å²) in [6.45, 7) is 4.07. The fraction of sp³-hybridized carbons (Fsp3) is 0.267. The number of alkyl halides is 1. The first-order valence-corrected chi connectivity index (χ1v) is 12.5. The van der Waals surface area contributed by atoms with E-state index >= 15 is 4.39 Å². The van der Waals surface area contributed by atoms with Gasteiger partial charge in [-0.2, -0.15) is 10.5 Å². The Labute approximate surface area is 225 Å². The Balaban J connectivity index is 1.49. The second kappa shape index (κ2) is 10.3. The molecule has 0 amide bonds. The van der Waals surface area contributed by atoms with Crippen LogP contribution in [0.1, 0.15) is 53.6 Å². The van der Waals surface area contributed by atoms with E-state index in [9.17, 15) is 14.9 Å². The molecule has 0 saturated carbocycles. The van der Waals surface area contributed by atoms with Gasteiger partial charge in [-0.25, -0.2) is 8.78 Å². The molecule has 1 saturated heterocycles. The van der Waals surface area contributed by atoms with E-state index in [1.54, 1.807) is 18.2 Å². The first kappa shape index (κ1) is 26.0. The van der Waals surface area contributed by atoms with Crippen molar-refractivity contribution < 1.29 is 13.2 Å². The van der Waals surface area contributed by atoms with Gasteiger partial charge in [0.15, 0.2) is 0 Å². The second-order valence-corrected chi connectivity index (χ2v) is 10.3. The van der Waals surface area contributed by atoms with Gasteiger partial charge in [0, 0.05) is 24.6 Å². The van der Waals surface area contributed by atoms with Gasteiger partial charge >= 0.3 is 6.01 Å². The molecule has 2 atom stereocenters. The molecule has 1 fully saturated rings. The van der Waals surface area contributed by atoms with Crippen LogP contribution in [0.25, 0.3) is 11.5 Å². The molecule has 4 aromatic rings. The maximum absolute atomic E-state index is 15.6. The van der Waals surface area contributed by atoms with Gasteiger partial charge in [0.25, 0.3) is 0 Å². The highest BCUT2D eigenvalue weighted by Crippen LogP contribution is 2.46. The molecular formula is C30H26F2N6O. The molecule has 3 aromatic carbocycles. The predicted molar refractivity (Wildman–Crippen MR) is 141 cm³/mol. The average Bonchev–Trinajstić information content (AvgIpc) is 3.33. The zero-order valence-electron chi connectivity index (χ0n) is 21.5. The van der Waals surface area contributed by atoms with Crippen molar-refractivity contribution >= 4 is 6.01 Å². The molecule has 9 heteroatoms. The van der Waals surface area contributed by atoms with Crippen LogP contribution in [0.15, 0.2) is 71.1 Å². The van der Waals surface area contributed by atoms with Gasteiger partial charge in [-0.05, 0) is 78.9 Å². The van der Waals surface area contributed by atoms with Gasteiger partial charge in [-0.3, -0.25) is 4.90 Å². The third-order valence-corrected chi connectivity index (χ3v) is 7.17. The van der Waals surface area contributed by atoms with Crippen LogP contribution in [-0.2, 0) is 0 Å². The van der Waals surface area contributed by atoms with Gasteiger partial charge in [0.1, 0.15) is 11.5 Å². The minimum atomic E-state index is -1.64. The smallest absolute Gasteiger partial charge is 0.313 e. The summed E-state index contributed by atoms with van der Waals surface area (Å²) in [6, 6.07) is 23.0. The number of nitrogens with zero attached hydrogens (tertiary/aromatic N) is 5. The van der Waals surface area contributed by atoms with Crippen LogP contribution >= 0.6 is 0 Å². The highest BCUT2D eigenvalue weighted by Gasteiger charge is 2.45. The molecule has 2 unspecified atom stereocenters. The van der Waals surface area contributed by atoms with Gasteiger partial charge < -0.3 is 10.2 Å². The van der Waals surface area contributed by atoms with Crippen molar-refractivity contribution in [3.63, 3.8) is 0 Å². The SMILES string of the molecule is CC(C)(F)C(c1cc(F)cc(C#N)c1)C1CN(C(c2ccc(C#N)cc2)c2cccc(-c3nnc(N)o3)c2)C1. The Bertz CT molecular complexity index is 1570. The van der Waals surface area contributed by atoms with Crippen molar-refractivity contribution in [3.8, 4) is 23.6 Å². The van der Waals surface area contributed by atoms with E-state index in [1.165, 1.54) is 19.9 Å². The van der Waals surface area contributed by atoms with Crippen molar-refractivity contribution in [1.82, 2.24) is 15.1 Å². The van der Waals surface area contributed by atoms with Crippen LogP contribution in [0.3, 0.4) is 0 Å². The lowest BCUT2D eigenvalue weighted by Gasteiger charge is -2.50. The molecule has 2 N–H and O–H groups in total. The predicted octanol–water partition coefficient (Wildman–Crippen LogP) is 5.75. The molecule has 1 aliphatic heterocycles. The van der Waals surface area contributed by atoms with E-state index in [2.05, 4.69) is 21.2 Å². The number of anilines is 1. The molecule has 39 heavy (non-hydrogen) atoms. The molecule has 196 valence electrons. The largest absolute Gasteiger partial charge is 0.404 e. The summed E-state index contributed by atoms with van der Waals surface area (Å²) in [5, 5.41) is 26.3. The highest BCUT2D eigenvalue weighted by molar-refractivity contribution is 5.56. The van der Waals surface area contributed by atoms with Crippen molar-refractivity contribution in [3.05, 3.63) is 100 Å². The minimum Gasteiger partial charge on any atom is -0.404 e. The summed E-state index contributed by atoms with van der Waals surface area (Å²) >= 11 is 0. The minimum absolute atomic E-state index is 0.0265. The number of benzene rings is 3. The molecule has 0 aliphatic carbocycles. The van der Waals surface area contributed by atoms with E-state index in [1.807, 2.05) is 42.5 Å². The van der Waals surface area contributed by atoms with E-state index in [4.69, 9.17) is 10.2 Å². The number of hydrogen-bond donors (Lipinski definition) is 1. The van der Waals surface area contributed by atoms with Crippen LogP contribution in [-0.4, -0.2) is 33.9 Å². The third kappa shape index (κ3) is 5.36.